The van der Waals surface area contributed by atoms with Gasteiger partial charge in [-0.05, 0) is 0 Å². The van der Waals surface area contributed by atoms with Gasteiger partial charge in [0.05, 0.1) is 0 Å². The average Bonchev–Trinajstić information content (AvgIpc) is 1.97. The third kappa shape index (κ3) is 13.4. The van der Waals surface area contributed by atoms with E-state index >= 15 is 0 Å². The van der Waals surface area contributed by atoms with Gasteiger partial charge in [-0.3, -0.25) is 0 Å². The Kier molecular flexibility index (Phi) is 16.4. The second-order valence-electron chi connectivity index (χ2n) is 2.08. The van der Waals surface area contributed by atoms with E-state index < -0.39 is 0 Å². The SMILES string of the molecule is NCCNCCNCCN.[Cu]. The summed E-state index contributed by atoms with van der Waals surface area (Å²) >= 11 is 0. The maximum absolute atomic E-state index is 5.27. The van der Waals surface area contributed by atoms with Gasteiger partial charge in [-0.25, -0.2) is 0 Å². The van der Waals surface area contributed by atoms with Crippen molar-refractivity contribution >= 4 is 0 Å². The third-order valence-electron chi connectivity index (χ3n) is 1.12. The van der Waals surface area contributed by atoms with Crippen molar-refractivity contribution in [1.82, 2.24) is 10.6 Å². The van der Waals surface area contributed by atoms with E-state index in [2.05, 4.69) is 10.6 Å². The van der Waals surface area contributed by atoms with Crippen molar-refractivity contribution in [2.24, 2.45) is 11.5 Å². The van der Waals surface area contributed by atoms with E-state index in [1.54, 1.807) is 0 Å². The van der Waals surface area contributed by atoms with Crippen LogP contribution in [-0.4, -0.2) is 39.3 Å². The smallest absolute Gasteiger partial charge is 0.00772 e. The Balaban J connectivity index is 0. The van der Waals surface area contributed by atoms with Crippen LogP contribution < -0.4 is 22.1 Å². The van der Waals surface area contributed by atoms with Crippen LogP contribution in [0.3, 0.4) is 0 Å². The molecule has 0 aliphatic heterocycles. The first kappa shape index (κ1) is 13.9. The van der Waals surface area contributed by atoms with Crippen LogP contribution in [0.4, 0.5) is 0 Å². The molecule has 0 fully saturated rings. The van der Waals surface area contributed by atoms with E-state index in [9.17, 15) is 0 Å². The molecule has 1 radical (unpaired) electrons. The van der Waals surface area contributed by atoms with E-state index in [1.807, 2.05) is 0 Å². The van der Waals surface area contributed by atoms with Gasteiger partial charge in [-0.1, -0.05) is 0 Å². The van der Waals surface area contributed by atoms with Crippen LogP contribution in [0.2, 0.25) is 0 Å². The zero-order chi connectivity index (χ0) is 7.66. The number of nitrogens with one attached hydrogen (secondary N) is 2. The molecular formula is C6H18CuN4. The molecule has 0 saturated heterocycles. The Bertz CT molecular complexity index is 54.5. The molecule has 0 heterocycles. The molecule has 5 heteroatoms. The summed E-state index contributed by atoms with van der Waals surface area (Å²) in [5.74, 6) is 0. The van der Waals surface area contributed by atoms with Crippen molar-refractivity contribution in [3.63, 3.8) is 0 Å². The average molecular weight is 210 g/mol. The van der Waals surface area contributed by atoms with Crippen LogP contribution in [0.5, 0.6) is 0 Å². The number of hydrogen-bond acceptors (Lipinski definition) is 4. The largest absolute Gasteiger partial charge is 0.329 e. The standard InChI is InChI=1S/C6H18N4.Cu/c7-1-3-9-5-6-10-4-2-8;/h9-10H,1-8H2;. The predicted molar refractivity (Wildman–Crippen MR) is 43.8 cm³/mol. The molecular weight excluding hydrogens is 192 g/mol. The van der Waals surface area contributed by atoms with Crippen LogP contribution in [0, 0.1) is 0 Å². The van der Waals surface area contributed by atoms with Gasteiger partial charge in [0, 0.05) is 56.3 Å². The first-order chi connectivity index (χ1) is 4.91. The zero-order valence-corrected chi connectivity index (χ0v) is 7.64. The van der Waals surface area contributed by atoms with Gasteiger partial charge >= 0.3 is 0 Å². The molecule has 6 N–H and O–H groups in total. The van der Waals surface area contributed by atoms with E-state index in [0.29, 0.717) is 13.1 Å². The fourth-order valence-corrected chi connectivity index (χ4v) is 0.631. The van der Waals surface area contributed by atoms with Crippen LogP contribution in [0.1, 0.15) is 0 Å². The molecule has 0 aromatic rings. The molecule has 0 aromatic heterocycles. The molecule has 0 atom stereocenters. The summed E-state index contributed by atoms with van der Waals surface area (Å²) in [7, 11) is 0. The molecule has 0 saturated carbocycles. The van der Waals surface area contributed by atoms with Crippen molar-refractivity contribution in [3.8, 4) is 0 Å². The third-order valence-corrected chi connectivity index (χ3v) is 1.12. The summed E-state index contributed by atoms with van der Waals surface area (Å²) in [6, 6.07) is 0. The maximum Gasteiger partial charge on any atom is 0.00772 e. The first-order valence-electron chi connectivity index (χ1n) is 3.73. The molecule has 73 valence electrons. The molecule has 4 nitrogen and oxygen atoms in total. The summed E-state index contributed by atoms with van der Waals surface area (Å²) in [6.07, 6.45) is 0. The van der Waals surface area contributed by atoms with Gasteiger partial charge in [0.2, 0.25) is 0 Å². The molecule has 0 unspecified atom stereocenters. The normalized spacial score (nSPS) is 9.27. The van der Waals surface area contributed by atoms with Crippen LogP contribution in [0.15, 0.2) is 0 Å². The van der Waals surface area contributed by atoms with Gasteiger partial charge in [0.25, 0.3) is 0 Å². The van der Waals surface area contributed by atoms with E-state index in [1.165, 1.54) is 0 Å². The van der Waals surface area contributed by atoms with Crippen molar-refractivity contribution in [1.29, 1.82) is 0 Å². The van der Waals surface area contributed by atoms with Crippen molar-refractivity contribution in [2.45, 2.75) is 0 Å². The fraction of sp³-hybridized carbons (Fsp3) is 1.00. The Morgan fingerprint density at radius 1 is 0.727 bits per heavy atom. The molecule has 0 aliphatic rings. The molecule has 0 amide bonds. The van der Waals surface area contributed by atoms with Gasteiger partial charge in [-0.15, -0.1) is 0 Å². The van der Waals surface area contributed by atoms with Crippen LogP contribution >= 0.6 is 0 Å². The van der Waals surface area contributed by atoms with Crippen LogP contribution in [-0.2, 0) is 17.1 Å². The Hall–Kier alpha value is 0.359. The van der Waals surface area contributed by atoms with Crippen molar-refractivity contribution in [3.05, 3.63) is 0 Å². The van der Waals surface area contributed by atoms with Gasteiger partial charge in [0.1, 0.15) is 0 Å². The minimum absolute atomic E-state index is 0. The fourth-order valence-electron chi connectivity index (χ4n) is 0.631. The molecule has 0 aromatic carbocycles. The first-order valence-corrected chi connectivity index (χ1v) is 3.73. The summed E-state index contributed by atoms with van der Waals surface area (Å²) in [5, 5.41) is 6.33. The topological polar surface area (TPSA) is 76.1 Å². The van der Waals surface area contributed by atoms with Gasteiger partial charge < -0.3 is 22.1 Å². The minimum atomic E-state index is 0. The second-order valence-corrected chi connectivity index (χ2v) is 2.08. The molecule has 0 bridgehead atoms. The molecule has 0 spiro atoms. The molecule has 11 heavy (non-hydrogen) atoms. The Morgan fingerprint density at radius 3 is 1.36 bits per heavy atom. The zero-order valence-electron chi connectivity index (χ0n) is 6.70. The van der Waals surface area contributed by atoms with E-state index in [4.69, 9.17) is 11.5 Å². The van der Waals surface area contributed by atoms with Crippen molar-refractivity contribution in [2.75, 3.05) is 39.3 Å². The summed E-state index contributed by atoms with van der Waals surface area (Å²) in [4.78, 5) is 0. The Labute approximate surface area is 78.9 Å². The minimum Gasteiger partial charge on any atom is -0.329 e. The quantitative estimate of drug-likeness (QED) is 0.291. The van der Waals surface area contributed by atoms with E-state index in [-0.39, 0.29) is 17.1 Å². The Morgan fingerprint density at radius 2 is 1.09 bits per heavy atom. The predicted octanol–water partition coefficient (Wildman–Crippen LogP) is -1.92. The van der Waals surface area contributed by atoms with Gasteiger partial charge in [-0.2, -0.15) is 0 Å². The molecule has 0 aliphatic carbocycles. The summed E-state index contributed by atoms with van der Waals surface area (Å²) < 4.78 is 0. The van der Waals surface area contributed by atoms with Gasteiger partial charge in [0.15, 0.2) is 0 Å². The van der Waals surface area contributed by atoms with Crippen LogP contribution in [0.25, 0.3) is 0 Å². The molecule has 0 rings (SSSR count). The number of rotatable bonds is 7. The monoisotopic (exact) mass is 209 g/mol. The summed E-state index contributed by atoms with van der Waals surface area (Å²) in [5.41, 5.74) is 10.5. The number of nitrogens with two attached hydrogens (primary N) is 2. The van der Waals surface area contributed by atoms with E-state index in [0.717, 1.165) is 26.2 Å². The van der Waals surface area contributed by atoms with Crippen molar-refractivity contribution < 1.29 is 17.1 Å². The maximum atomic E-state index is 5.27. The summed E-state index contributed by atoms with van der Waals surface area (Å²) in [6.45, 7) is 5.14. The number of hydrogen-bond donors (Lipinski definition) is 4. The second kappa shape index (κ2) is 13.0.